The minimum Gasteiger partial charge on any atom is -0.317 e. The number of hydrogen-bond acceptors (Lipinski definition) is 3. The van der Waals surface area contributed by atoms with Crippen molar-refractivity contribution in [2.75, 3.05) is 0 Å². The molecule has 0 atom stereocenters. The van der Waals surface area contributed by atoms with Crippen molar-refractivity contribution in [1.82, 2.24) is 4.57 Å². The van der Waals surface area contributed by atoms with Crippen LogP contribution in [0.2, 0.25) is 0 Å². The summed E-state index contributed by atoms with van der Waals surface area (Å²) in [5.41, 5.74) is 2.53. The lowest BCUT2D eigenvalue weighted by atomic mass is 10.1. The van der Waals surface area contributed by atoms with Gasteiger partial charge in [-0.3, -0.25) is 14.9 Å². The summed E-state index contributed by atoms with van der Waals surface area (Å²) in [6.45, 7) is 1.53. The maximum absolute atomic E-state index is 11.3. The molecule has 0 unspecified atom stereocenters. The van der Waals surface area contributed by atoms with Crippen molar-refractivity contribution in [3.8, 4) is 5.69 Å². The first-order valence-electron chi connectivity index (χ1n) is 6.43. The number of carbonyl (C=O) groups excluding carboxylic acids is 1. The Labute approximate surface area is 120 Å². The van der Waals surface area contributed by atoms with E-state index in [0.717, 1.165) is 16.6 Å². The minimum absolute atomic E-state index is 0.0227. The molecule has 5 heteroatoms. The Kier molecular flexibility index (Phi) is 3.02. The molecule has 0 aliphatic carbocycles. The first-order valence-corrected chi connectivity index (χ1v) is 6.43. The lowest BCUT2D eigenvalue weighted by molar-refractivity contribution is -0.384. The largest absolute Gasteiger partial charge is 0.317 e. The summed E-state index contributed by atoms with van der Waals surface area (Å²) in [5.74, 6) is 0.0227. The van der Waals surface area contributed by atoms with Gasteiger partial charge in [0.15, 0.2) is 5.78 Å². The van der Waals surface area contributed by atoms with Crippen molar-refractivity contribution in [1.29, 1.82) is 0 Å². The number of nitro benzene ring substituents is 1. The van der Waals surface area contributed by atoms with Crippen LogP contribution < -0.4 is 0 Å². The fraction of sp³-hybridized carbons (Fsp3) is 0.0625. The Morgan fingerprint density at radius 2 is 1.81 bits per heavy atom. The fourth-order valence-corrected chi connectivity index (χ4v) is 2.33. The van der Waals surface area contributed by atoms with Crippen molar-refractivity contribution in [2.24, 2.45) is 0 Å². The van der Waals surface area contributed by atoms with Crippen LogP contribution in [0.3, 0.4) is 0 Å². The highest BCUT2D eigenvalue weighted by Gasteiger charge is 2.09. The average molecular weight is 280 g/mol. The van der Waals surface area contributed by atoms with Crippen molar-refractivity contribution >= 4 is 22.4 Å². The smallest absolute Gasteiger partial charge is 0.270 e. The molecule has 3 rings (SSSR count). The SMILES string of the molecule is CC(=O)c1ccc(-n2ccc3cc([N+](=O)[O-])ccc32)cc1. The van der Waals surface area contributed by atoms with Crippen LogP contribution in [0.15, 0.2) is 54.7 Å². The van der Waals surface area contributed by atoms with E-state index in [2.05, 4.69) is 0 Å². The van der Waals surface area contributed by atoms with Gasteiger partial charge in [-0.2, -0.15) is 0 Å². The molecule has 5 nitrogen and oxygen atoms in total. The third-order valence-corrected chi connectivity index (χ3v) is 3.44. The molecule has 0 saturated carbocycles. The summed E-state index contributed by atoms with van der Waals surface area (Å²) in [6, 6.07) is 13.9. The molecule has 0 N–H and O–H groups in total. The lowest BCUT2D eigenvalue weighted by Crippen LogP contribution is -1.95. The Bertz CT molecular complexity index is 848. The second kappa shape index (κ2) is 4.86. The zero-order valence-corrected chi connectivity index (χ0v) is 11.3. The van der Waals surface area contributed by atoms with Crippen LogP contribution in [0, 0.1) is 10.1 Å². The van der Waals surface area contributed by atoms with Gasteiger partial charge in [-0.25, -0.2) is 0 Å². The molecule has 1 heterocycles. The highest BCUT2D eigenvalue weighted by atomic mass is 16.6. The number of nitro groups is 1. The molecule has 0 bridgehead atoms. The third-order valence-electron chi connectivity index (χ3n) is 3.44. The predicted molar refractivity (Wildman–Crippen MR) is 79.9 cm³/mol. The lowest BCUT2D eigenvalue weighted by Gasteiger charge is -2.06. The molecule has 0 saturated heterocycles. The molecule has 2 aromatic carbocycles. The summed E-state index contributed by atoms with van der Waals surface area (Å²) in [4.78, 5) is 21.7. The van der Waals surface area contributed by atoms with E-state index in [1.54, 1.807) is 24.3 Å². The zero-order valence-electron chi connectivity index (χ0n) is 11.3. The first kappa shape index (κ1) is 13.1. The Hall–Kier alpha value is -2.95. The highest BCUT2D eigenvalue weighted by molar-refractivity contribution is 5.94. The quantitative estimate of drug-likeness (QED) is 0.417. The van der Waals surface area contributed by atoms with Crippen molar-refractivity contribution in [2.45, 2.75) is 6.92 Å². The molecule has 0 aliphatic heterocycles. The van der Waals surface area contributed by atoms with Gasteiger partial charge in [-0.1, -0.05) is 0 Å². The second-order valence-electron chi connectivity index (χ2n) is 4.79. The van der Waals surface area contributed by atoms with Crippen LogP contribution in [0.25, 0.3) is 16.6 Å². The standard InChI is InChI=1S/C16H12N2O3/c1-11(19)12-2-4-14(5-3-12)17-9-8-13-10-15(18(20)21)6-7-16(13)17/h2-10H,1H3. The molecule has 1 aromatic heterocycles. The van der Waals surface area contributed by atoms with E-state index in [1.165, 1.54) is 13.0 Å². The van der Waals surface area contributed by atoms with E-state index in [-0.39, 0.29) is 11.5 Å². The van der Waals surface area contributed by atoms with Gasteiger partial charge in [0.1, 0.15) is 0 Å². The van der Waals surface area contributed by atoms with E-state index >= 15 is 0 Å². The second-order valence-corrected chi connectivity index (χ2v) is 4.79. The van der Waals surface area contributed by atoms with E-state index < -0.39 is 4.92 Å². The zero-order chi connectivity index (χ0) is 15.0. The molecule has 0 radical (unpaired) electrons. The molecule has 0 spiro atoms. The van der Waals surface area contributed by atoms with Gasteiger partial charge in [0, 0.05) is 35.0 Å². The van der Waals surface area contributed by atoms with Crippen molar-refractivity contribution < 1.29 is 9.72 Å². The number of non-ortho nitro benzene ring substituents is 1. The number of rotatable bonds is 3. The molecule has 104 valence electrons. The third kappa shape index (κ3) is 2.29. The van der Waals surface area contributed by atoms with E-state index in [0.29, 0.717) is 5.56 Å². The van der Waals surface area contributed by atoms with Gasteiger partial charge < -0.3 is 4.57 Å². The Balaban J connectivity index is 2.08. The normalized spacial score (nSPS) is 10.7. The summed E-state index contributed by atoms with van der Waals surface area (Å²) in [6.07, 6.45) is 1.86. The van der Waals surface area contributed by atoms with Crippen LogP contribution in [0.4, 0.5) is 5.69 Å². The first-order chi connectivity index (χ1) is 10.1. The number of aromatic nitrogens is 1. The minimum atomic E-state index is -0.404. The van der Waals surface area contributed by atoms with Crippen LogP contribution in [-0.4, -0.2) is 15.3 Å². The van der Waals surface area contributed by atoms with Crippen LogP contribution in [-0.2, 0) is 0 Å². The summed E-state index contributed by atoms with van der Waals surface area (Å²) < 4.78 is 1.93. The van der Waals surface area contributed by atoms with Gasteiger partial charge in [0.2, 0.25) is 0 Å². The summed E-state index contributed by atoms with van der Waals surface area (Å²) in [5, 5.41) is 11.6. The van der Waals surface area contributed by atoms with Gasteiger partial charge in [0.25, 0.3) is 5.69 Å². The number of Topliss-reactive ketones (excluding diaryl/α,β-unsaturated/α-hetero) is 1. The number of benzene rings is 2. The molecule has 0 fully saturated rings. The van der Waals surface area contributed by atoms with Crippen LogP contribution in [0.5, 0.6) is 0 Å². The van der Waals surface area contributed by atoms with E-state index in [1.807, 2.05) is 29.0 Å². The van der Waals surface area contributed by atoms with E-state index in [9.17, 15) is 14.9 Å². The molecule has 3 aromatic rings. The number of ketones is 1. The maximum atomic E-state index is 11.3. The van der Waals surface area contributed by atoms with Gasteiger partial charge in [-0.05, 0) is 43.3 Å². The van der Waals surface area contributed by atoms with Crippen molar-refractivity contribution in [3.63, 3.8) is 0 Å². The Morgan fingerprint density at radius 1 is 1.10 bits per heavy atom. The number of fused-ring (bicyclic) bond motifs is 1. The molecule has 21 heavy (non-hydrogen) atoms. The van der Waals surface area contributed by atoms with Gasteiger partial charge in [-0.15, -0.1) is 0 Å². The molecule has 0 aliphatic rings. The summed E-state index contributed by atoms with van der Waals surface area (Å²) in [7, 11) is 0. The van der Waals surface area contributed by atoms with E-state index in [4.69, 9.17) is 0 Å². The highest BCUT2D eigenvalue weighted by Crippen LogP contribution is 2.24. The topological polar surface area (TPSA) is 65.1 Å². The average Bonchev–Trinajstić information content (AvgIpc) is 2.90. The summed E-state index contributed by atoms with van der Waals surface area (Å²) >= 11 is 0. The monoisotopic (exact) mass is 280 g/mol. The number of hydrogen-bond donors (Lipinski definition) is 0. The molecular weight excluding hydrogens is 268 g/mol. The van der Waals surface area contributed by atoms with Crippen LogP contribution >= 0.6 is 0 Å². The Morgan fingerprint density at radius 3 is 2.43 bits per heavy atom. The molecule has 0 amide bonds. The maximum Gasteiger partial charge on any atom is 0.270 e. The van der Waals surface area contributed by atoms with Crippen LogP contribution in [0.1, 0.15) is 17.3 Å². The number of carbonyl (C=O) groups is 1. The fourth-order valence-electron chi connectivity index (χ4n) is 2.33. The molecular formula is C16H12N2O3. The van der Waals surface area contributed by atoms with Gasteiger partial charge >= 0.3 is 0 Å². The number of nitrogens with zero attached hydrogens (tertiary/aromatic N) is 2. The van der Waals surface area contributed by atoms with Gasteiger partial charge in [0.05, 0.1) is 10.4 Å². The van der Waals surface area contributed by atoms with Crippen molar-refractivity contribution in [3.05, 3.63) is 70.4 Å². The predicted octanol–water partition coefficient (Wildman–Crippen LogP) is 3.74.